The van der Waals surface area contributed by atoms with Crippen LogP contribution in [0, 0.1) is 0 Å². The lowest BCUT2D eigenvalue weighted by Gasteiger charge is -2.06. The molecule has 0 bridgehead atoms. The summed E-state index contributed by atoms with van der Waals surface area (Å²) in [6.45, 7) is 5.74. The molecule has 0 atom stereocenters. The molecule has 0 aliphatic carbocycles. The SMILES string of the molecule is CCCCCCCOC(=O)CCCCCNC(=O)OCCC. The fourth-order valence-corrected chi connectivity index (χ4v) is 1.97. The van der Waals surface area contributed by atoms with Crippen molar-refractivity contribution in [3.05, 3.63) is 0 Å². The van der Waals surface area contributed by atoms with Gasteiger partial charge in [-0.3, -0.25) is 4.79 Å². The van der Waals surface area contributed by atoms with Crippen LogP contribution in [0.25, 0.3) is 0 Å². The molecule has 0 aliphatic rings. The van der Waals surface area contributed by atoms with Crippen LogP contribution in [0.5, 0.6) is 0 Å². The Hall–Kier alpha value is -1.26. The van der Waals surface area contributed by atoms with Crippen molar-refractivity contribution in [2.75, 3.05) is 19.8 Å². The Kier molecular flexibility index (Phi) is 15.2. The van der Waals surface area contributed by atoms with Crippen LogP contribution >= 0.6 is 0 Å². The van der Waals surface area contributed by atoms with Crippen molar-refractivity contribution in [1.29, 1.82) is 0 Å². The monoisotopic (exact) mass is 315 g/mol. The van der Waals surface area contributed by atoms with E-state index in [4.69, 9.17) is 9.47 Å². The van der Waals surface area contributed by atoms with Crippen LogP contribution in [0.3, 0.4) is 0 Å². The maximum Gasteiger partial charge on any atom is 0.407 e. The second-order valence-electron chi connectivity index (χ2n) is 5.51. The van der Waals surface area contributed by atoms with Gasteiger partial charge in [-0.05, 0) is 25.7 Å². The molecule has 0 aromatic carbocycles. The largest absolute Gasteiger partial charge is 0.466 e. The zero-order valence-electron chi connectivity index (χ0n) is 14.3. The van der Waals surface area contributed by atoms with Crippen LogP contribution in [0.4, 0.5) is 4.79 Å². The van der Waals surface area contributed by atoms with Gasteiger partial charge in [0.1, 0.15) is 0 Å². The minimum atomic E-state index is -0.357. The first-order valence-corrected chi connectivity index (χ1v) is 8.77. The van der Waals surface area contributed by atoms with E-state index in [2.05, 4.69) is 12.2 Å². The van der Waals surface area contributed by atoms with Crippen molar-refractivity contribution in [3.8, 4) is 0 Å². The zero-order valence-corrected chi connectivity index (χ0v) is 14.3. The summed E-state index contributed by atoms with van der Waals surface area (Å²) >= 11 is 0. The average molecular weight is 315 g/mol. The van der Waals surface area contributed by atoms with Gasteiger partial charge in [0.2, 0.25) is 0 Å². The van der Waals surface area contributed by atoms with Crippen LogP contribution in [0.15, 0.2) is 0 Å². The third-order valence-corrected chi connectivity index (χ3v) is 3.28. The van der Waals surface area contributed by atoms with E-state index >= 15 is 0 Å². The molecule has 0 aromatic rings. The standard InChI is InChI=1S/C17H33NO4/c1-3-5-6-7-11-15-21-16(19)12-9-8-10-13-18-17(20)22-14-4-2/h3-15H2,1-2H3,(H,18,20). The maximum absolute atomic E-state index is 11.5. The van der Waals surface area contributed by atoms with E-state index in [0.717, 1.165) is 38.5 Å². The first-order valence-electron chi connectivity index (χ1n) is 8.77. The Balaban J connectivity index is 3.26. The minimum Gasteiger partial charge on any atom is -0.466 e. The molecule has 0 radical (unpaired) electrons. The lowest BCUT2D eigenvalue weighted by atomic mass is 10.2. The number of hydrogen-bond donors (Lipinski definition) is 1. The lowest BCUT2D eigenvalue weighted by Crippen LogP contribution is -2.25. The van der Waals surface area contributed by atoms with Crippen LogP contribution in [0.1, 0.15) is 78.1 Å². The van der Waals surface area contributed by atoms with Crippen molar-refractivity contribution < 1.29 is 19.1 Å². The molecule has 5 heteroatoms. The molecule has 0 saturated heterocycles. The molecule has 0 rings (SSSR count). The number of hydrogen-bond acceptors (Lipinski definition) is 4. The summed E-state index contributed by atoms with van der Waals surface area (Å²) in [4.78, 5) is 22.6. The number of unbranched alkanes of at least 4 members (excludes halogenated alkanes) is 6. The first-order chi connectivity index (χ1) is 10.7. The fraction of sp³-hybridized carbons (Fsp3) is 0.882. The highest BCUT2D eigenvalue weighted by atomic mass is 16.5. The van der Waals surface area contributed by atoms with E-state index in [0.29, 0.717) is 26.2 Å². The second-order valence-corrected chi connectivity index (χ2v) is 5.51. The van der Waals surface area contributed by atoms with Crippen LogP contribution in [-0.4, -0.2) is 31.8 Å². The highest BCUT2D eigenvalue weighted by molar-refractivity contribution is 5.69. The number of nitrogens with one attached hydrogen (secondary N) is 1. The molecular formula is C17H33NO4. The van der Waals surface area contributed by atoms with Gasteiger partial charge in [0.25, 0.3) is 0 Å². The minimum absolute atomic E-state index is 0.106. The number of alkyl carbamates (subject to hydrolysis) is 1. The predicted octanol–water partition coefficient (Wildman–Crippen LogP) is 4.20. The predicted molar refractivity (Wildman–Crippen MR) is 87.8 cm³/mol. The van der Waals surface area contributed by atoms with Crippen molar-refractivity contribution in [2.45, 2.75) is 78.1 Å². The van der Waals surface area contributed by atoms with Gasteiger partial charge in [0.05, 0.1) is 13.2 Å². The molecule has 22 heavy (non-hydrogen) atoms. The van der Waals surface area contributed by atoms with Crippen molar-refractivity contribution in [2.24, 2.45) is 0 Å². The molecule has 0 saturated carbocycles. The average Bonchev–Trinajstić information content (AvgIpc) is 2.52. The number of ether oxygens (including phenoxy) is 2. The number of rotatable bonds is 14. The van der Waals surface area contributed by atoms with Gasteiger partial charge in [0.15, 0.2) is 0 Å². The van der Waals surface area contributed by atoms with Crippen molar-refractivity contribution in [3.63, 3.8) is 0 Å². The Morgan fingerprint density at radius 3 is 2.23 bits per heavy atom. The van der Waals surface area contributed by atoms with Gasteiger partial charge in [0, 0.05) is 13.0 Å². The van der Waals surface area contributed by atoms with E-state index in [1.165, 1.54) is 19.3 Å². The zero-order chi connectivity index (χ0) is 16.5. The Bertz CT molecular complexity index is 282. The molecule has 0 unspecified atom stereocenters. The summed E-state index contributed by atoms with van der Waals surface area (Å²) in [5, 5.41) is 2.69. The van der Waals surface area contributed by atoms with Crippen LogP contribution < -0.4 is 5.32 Å². The van der Waals surface area contributed by atoms with Gasteiger partial charge in [-0.1, -0.05) is 46.0 Å². The quantitative estimate of drug-likeness (QED) is 0.385. The van der Waals surface area contributed by atoms with Crippen molar-refractivity contribution >= 4 is 12.1 Å². The summed E-state index contributed by atoms with van der Waals surface area (Å²) in [6.07, 6.45) is 9.32. The van der Waals surface area contributed by atoms with E-state index in [9.17, 15) is 9.59 Å². The molecule has 1 amide bonds. The van der Waals surface area contributed by atoms with Gasteiger partial charge in [-0.2, -0.15) is 0 Å². The van der Waals surface area contributed by atoms with Gasteiger partial charge >= 0.3 is 12.1 Å². The smallest absolute Gasteiger partial charge is 0.407 e. The van der Waals surface area contributed by atoms with E-state index in [1.807, 2.05) is 6.92 Å². The molecule has 0 spiro atoms. The highest BCUT2D eigenvalue weighted by Crippen LogP contribution is 2.04. The van der Waals surface area contributed by atoms with Gasteiger partial charge < -0.3 is 14.8 Å². The molecule has 0 aromatic heterocycles. The first kappa shape index (κ1) is 20.7. The molecule has 130 valence electrons. The topological polar surface area (TPSA) is 64.6 Å². The Labute approximate surface area is 135 Å². The van der Waals surface area contributed by atoms with Gasteiger partial charge in [-0.15, -0.1) is 0 Å². The third-order valence-electron chi connectivity index (χ3n) is 3.28. The molecule has 0 aliphatic heterocycles. The van der Waals surface area contributed by atoms with E-state index in [1.54, 1.807) is 0 Å². The third kappa shape index (κ3) is 15.1. The summed E-state index contributed by atoms with van der Waals surface area (Å²) in [6, 6.07) is 0. The summed E-state index contributed by atoms with van der Waals surface area (Å²) in [7, 11) is 0. The Morgan fingerprint density at radius 1 is 0.773 bits per heavy atom. The normalized spacial score (nSPS) is 10.3. The lowest BCUT2D eigenvalue weighted by molar-refractivity contribution is -0.143. The highest BCUT2D eigenvalue weighted by Gasteiger charge is 2.03. The fourth-order valence-electron chi connectivity index (χ4n) is 1.97. The van der Waals surface area contributed by atoms with Crippen molar-refractivity contribution in [1.82, 2.24) is 5.32 Å². The summed E-state index contributed by atoms with van der Waals surface area (Å²) in [5.41, 5.74) is 0. The molecule has 5 nitrogen and oxygen atoms in total. The van der Waals surface area contributed by atoms with Crippen LogP contribution in [0.2, 0.25) is 0 Å². The number of carbonyl (C=O) groups excluding carboxylic acids is 2. The summed E-state index contributed by atoms with van der Waals surface area (Å²) < 4.78 is 10.1. The molecule has 1 N–H and O–H groups in total. The maximum atomic E-state index is 11.5. The van der Waals surface area contributed by atoms with E-state index < -0.39 is 0 Å². The Morgan fingerprint density at radius 2 is 1.50 bits per heavy atom. The van der Waals surface area contributed by atoms with E-state index in [-0.39, 0.29) is 12.1 Å². The molecule has 0 heterocycles. The second kappa shape index (κ2) is 16.1. The van der Waals surface area contributed by atoms with Crippen LogP contribution in [-0.2, 0) is 14.3 Å². The number of carbonyl (C=O) groups is 2. The number of amides is 1. The number of esters is 1. The summed E-state index contributed by atoms with van der Waals surface area (Å²) in [5.74, 6) is -0.106. The molecular weight excluding hydrogens is 282 g/mol. The molecule has 0 fully saturated rings. The van der Waals surface area contributed by atoms with Gasteiger partial charge in [-0.25, -0.2) is 4.79 Å².